The SMILES string of the molecule is CN(C)CC(C)(C)CNCc1ccnc2ccccc12. The zero-order chi connectivity index (χ0) is 14.6. The van der Waals surface area contributed by atoms with Crippen molar-refractivity contribution in [3.05, 3.63) is 42.1 Å². The third-order valence-corrected chi connectivity index (χ3v) is 3.40. The molecule has 0 aliphatic heterocycles. The summed E-state index contributed by atoms with van der Waals surface area (Å²) in [5.74, 6) is 0. The molecule has 2 rings (SSSR count). The molecule has 108 valence electrons. The van der Waals surface area contributed by atoms with Crippen molar-refractivity contribution in [3.8, 4) is 0 Å². The largest absolute Gasteiger partial charge is 0.312 e. The maximum Gasteiger partial charge on any atom is 0.0705 e. The molecule has 3 heteroatoms. The van der Waals surface area contributed by atoms with Gasteiger partial charge in [0, 0.05) is 31.2 Å². The first-order chi connectivity index (χ1) is 9.48. The highest BCUT2D eigenvalue weighted by molar-refractivity contribution is 5.81. The van der Waals surface area contributed by atoms with E-state index in [1.54, 1.807) is 0 Å². The van der Waals surface area contributed by atoms with E-state index in [0.29, 0.717) is 0 Å². The topological polar surface area (TPSA) is 28.2 Å². The monoisotopic (exact) mass is 271 g/mol. The third kappa shape index (κ3) is 4.02. The summed E-state index contributed by atoms with van der Waals surface area (Å²) >= 11 is 0. The minimum atomic E-state index is 0.270. The van der Waals surface area contributed by atoms with Gasteiger partial charge in [0.1, 0.15) is 0 Å². The van der Waals surface area contributed by atoms with Crippen molar-refractivity contribution in [3.63, 3.8) is 0 Å². The normalized spacial score (nSPS) is 12.2. The summed E-state index contributed by atoms with van der Waals surface area (Å²) in [5, 5.41) is 4.83. The van der Waals surface area contributed by atoms with Crippen LogP contribution < -0.4 is 5.32 Å². The van der Waals surface area contributed by atoms with E-state index in [1.165, 1.54) is 10.9 Å². The molecule has 0 fully saturated rings. The molecule has 0 radical (unpaired) electrons. The lowest BCUT2D eigenvalue weighted by atomic mass is 9.93. The van der Waals surface area contributed by atoms with Crippen molar-refractivity contribution in [2.75, 3.05) is 27.2 Å². The van der Waals surface area contributed by atoms with Gasteiger partial charge in [-0.3, -0.25) is 4.98 Å². The fourth-order valence-electron chi connectivity index (χ4n) is 2.76. The molecule has 3 nitrogen and oxygen atoms in total. The highest BCUT2D eigenvalue weighted by Crippen LogP contribution is 2.17. The van der Waals surface area contributed by atoms with Gasteiger partial charge in [-0.2, -0.15) is 0 Å². The number of hydrogen-bond acceptors (Lipinski definition) is 3. The van der Waals surface area contributed by atoms with Crippen LogP contribution in [0.3, 0.4) is 0 Å². The van der Waals surface area contributed by atoms with Gasteiger partial charge < -0.3 is 10.2 Å². The standard InChI is InChI=1S/C17H25N3/c1-17(2,13-20(3)4)12-18-11-14-9-10-19-16-8-6-5-7-15(14)16/h5-10,18H,11-13H2,1-4H3. The molecule has 1 heterocycles. The van der Waals surface area contributed by atoms with Gasteiger partial charge in [0.2, 0.25) is 0 Å². The Labute approximate surface area is 122 Å². The van der Waals surface area contributed by atoms with Crippen LogP contribution in [0, 0.1) is 5.41 Å². The summed E-state index contributed by atoms with van der Waals surface area (Å²) in [4.78, 5) is 6.64. The van der Waals surface area contributed by atoms with E-state index in [0.717, 1.165) is 25.2 Å². The quantitative estimate of drug-likeness (QED) is 0.875. The second kappa shape index (κ2) is 6.33. The fourth-order valence-corrected chi connectivity index (χ4v) is 2.76. The summed E-state index contributed by atoms with van der Waals surface area (Å²) in [6.07, 6.45) is 1.89. The Hall–Kier alpha value is -1.45. The molecule has 0 saturated carbocycles. The van der Waals surface area contributed by atoms with Gasteiger partial charge in [0.15, 0.2) is 0 Å². The number of nitrogens with zero attached hydrogens (tertiary/aromatic N) is 2. The number of pyridine rings is 1. The zero-order valence-corrected chi connectivity index (χ0v) is 13.0. The maximum atomic E-state index is 4.40. The lowest BCUT2D eigenvalue weighted by molar-refractivity contribution is 0.232. The molecule has 0 aliphatic rings. The van der Waals surface area contributed by atoms with Crippen molar-refractivity contribution >= 4 is 10.9 Å². The minimum absolute atomic E-state index is 0.270. The lowest BCUT2D eigenvalue weighted by Gasteiger charge is -2.28. The van der Waals surface area contributed by atoms with E-state index in [1.807, 2.05) is 12.3 Å². The maximum absolute atomic E-state index is 4.40. The second-order valence-electron chi connectivity index (χ2n) is 6.49. The summed E-state index contributed by atoms with van der Waals surface area (Å²) in [6.45, 7) is 7.56. The van der Waals surface area contributed by atoms with Crippen molar-refractivity contribution in [2.45, 2.75) is 20.4 Å². The van der Waals surface area contributed by atoms with Crippen LogP contribution in [0.1, 0.15) is 19.4 Å². The number of fused-ring (bicyclic) bond motifs is 1. The van der Waals surface area contributed by atoms with Gasteiger partial charge in [-0.1, -0.05) is 32.0 Å². The predicted molar refractivity (Wildman–Crippen MR) is 85.8 cm³/mol. The van der Waals surface area contributed by atoms with Crippen LogP contribution in [0.5, 0.6) is 0 Å². The third-order valence-electron chi connectivity index (χ3n) is 3.40. The average molecular weight is 271 g/mol. The van der Waals surface area contributed by atoms with E-state index >= 15 is 0 Å². The highest BCUT2D eigenvalue weighted by atomic mass is 15.1. The molecule has 2 aromatic rings. The Morgan fingerprint density at radius 1 is 1.15 bits per heavy atom. The molecule has 1 aromatic heterocycles. The summed E-state index contributed by atoms with van der Waals surface area (Å²) in [5.41, 5.74) is 2.65. The van der Waals surface area contributed by atoms with E-state index in [2.05, 4.69) is 67.4 Å². The van der Waals surface area contributed by atoms with E-state index in [4.69, 9.17) is 0 Å². The van der Waals surface area contributed by atoms with Crippen LogP contribution in [-0.4, -0.2) is 37.1 Å². The van der Waals surface area contributed by atoms with Crippen molar-refractivity contribution < 1.29 is 0 Å². The molecule has 0 atom stereocenters. The van der Waals surface area contributed by atoms with Crippen LogP contribution in [0.2, 0.25) is 0 Å². The number of rotatable bonds is 6. The molecule has 20 heavy (non-hydrogen) atoms. The number of hydrogen-bond donors (Lipinski definition) is 1. The molecule has 0 aliphatic carbocycles. The van der Waals surface area contributed by atoms with Gasteiger partial charge in [-0.05, 0) is 37.2 Å². The summed E-state index contributed by atoms with van der Waals surface area (Å²) in [6, 6.07) is 10.4. The highest BCUT2D eigenvalue weighted by Gasteiger charge is 2.18. The van der Waals surface area contributed by atoms with Crippen LogP contribution in [0.4, 0.5) is 0 Å². The molecule has 0 amide bonds. The van der Waals surface area contributed by atoms with E-state index in [-0.39, 0.29) is 5.41 Å². The van der Waals surface area contributed by atoms with E-state index in [9.17, 15) is 0 Å². The molecule has 1 aromatic carbocycles. The van der Waals surface area contributed by atoms with Gasteiger partial charge in [0.05, 0.1) is 5.52 Å². The van der Waals surface area contributed by atoms with Crippen LogP contribution in [0.25, 0.3) is 10.9 Å². The van der Waals surface area contributed by atoms with Crippen molar-refractivity contribution in [2.24, 2.45) is 5.41 Å². The molecule has 1 N–H and O–H groups in total. The molecule has 0 unspecified atom stereocenters. The Balaban J connectivity index is 2.00. The van der Waals surface area contributed by atoms with Crippen molar-refractivity contribution in [1.82, 2.24) is 15.2 Å². The molecular formula is C17H25N3. The Kier molecular flexibility index (Phi) is 4.73. The van der Waals surface area contributed by atoms with Gasteiger partial charge in [-0.15, -0.1) is 0 Å². The molecule has 0 spiro atoms. The smallest absolute Gasteiger partial charge is 0.0705 e. The van der Waals surface area contributed by atoms with Crippen LogP contribution in [0.15, 0.2) is 36.5 Å². The predicted octanol–water partition coefficient (Wildman–Crippen LogP) is 2.91. The number of aromatic nitrogens is 1. The number of benzene rings is 1. The Morgan fingerprint density at radius 3 is 2.65 bits per heavy atom. The van der Waals surface area contributed by atoms with Gasteiger partial charge in [0.25, 0.3) is 0 Å². The summed E-state index contributed by atoms with van der Waals surface area (Å²) < 4.78 is 0. The average Bonchev–Trinajstić information content (AvgIpc) is 2.37. The summed E-state index contributed by atoms with van der Waals surface area (Å²) in [7, 11) is 4.25. The first-order valence-electron chi connectivity index (χ1n) is 7.16. The molecule has 0 saturated heterocycles. The van der Waals surface area contributed by atoms with Crippen LogP contribution in [-0.2, 0) is 6.54 Å². The number of nitrogens with one attached hydrogen (secondary N) is 1. The Bertz CT molecular complexity index is 556. The lowest BCUT2D eigenvalue weighted by Crippen LogP contribution is -2.37. The minimum Gasteiger partial charge on any atom is -0.312 e. The fraction of sp³-hybridized carbons (Fsp3) is 0.471. The first kappa shape index (κ1) is 14.9. The van der Waals surface area contributed by atoms with Crippen molar-refractivity contribution in [1.29, 1.82) is 0 Å². The first-order valence-corrected chi connectivity index (χ1v) is 7.16. The van der Waals surface area contributed by atoms with Crippen LogP contribution >= 0.6 is 0 Å². The van der Waals surface area contributed by atoms with Gasteiger partial charge >= 0.3 is 0 Å². The second-order valence-corrected chi connectivity index (χ2v) is 6.49. The Morgan fingerprint density at radius 2 is 1.90 bits per heavy atom. The molecular weight excluding hydrogens is 246 g/mol. The van der Waals surface area contributed by atoms with E-state index < -0.39 is 0 Å². The van der Waals surface area contributed by atoms with Gasteiger partial charge in [-0.25, -0.2) is 0 Å². The number of para-hydroxylation sites is 1. The zero-order valence-electron chi connectivity index (χ0n) is 13.0. The molecule has 0 bridgehead atoms.